The van der Waals surface area contributed by atoms with Gasteiger partial charge in [0.05, 0.1) is 10.2 Å². The molecule has 2 aromatic carbocycles. The Labute approximate surface area is 165 Å². The van der Waals surface area contributed by atoms with Crippen LogP contribution in [-0.4, -0.2) is 4.57 Å². The zero-order chi connectivity index (χ0) is 19.4. The van der Waals surface area contributed by atoms with E-state index in [9.17, 15) is 15.3 Å². The maximum absolute atomic E-state index is 13.0. The molecule has 6 heteroatoms. The second-order valence-electron chi connectivity index (χ2n) is 5.73. The molecule has 4 nitrogen and oxygen atoms in total. The van der Waals surface area contributed by atoms with E-state index in [2.05, 4.69) is 0 Å². The summed E-state index contributed by atoms with van der Waals surface area (Å²) < 4.78 is 2.17. The molecule has 0 atom stereocenters. The van der Waals surface area contributed by atoms with Crippen molar-refractivity contribution < 1.29 is 0 Å². The minimum atomic E-state index is -0.276. The standard InChI is InChI=1S/C21H14ClN3OS/c1-2-14-6-8-18(9-7-14)25-20(26)19(27-21(25)16(12-23)13-24)11-15-4-3-5-17(22)10-15/h3-11H,2H2,1H3/b19-11+. The number of aromatic nitrogens is 1. The SMILES string of the molecule is CCc1ccc(-n2c(=C(C#N)C#N)s/c(=C/c3cccc(Cl)c3)c2=O)cc1. The molecule has 0 aliphatic rings. The highest BCUT2D eigenvalue weighted by Crippen LogP contribution is 2.11. The van der Waals surface area contributed by atoms with E-state index in [-0.39, 0.29) is 11.1 Å². The van der Waals surface area contributed by atoms with Crippen LogP contribution in [0.15, 0.2) is 53.3 Å². The first-order chi connectivity index (χ1) is 13.1. The van der Waals surface area contributed by atoms with E-state index in [1.807, 2.05) is 49.4 Å². The van der Waals surface area contributed by atoms with Crippen LogP contribution in [0.4, 0.5) is 0 Å². The molecule has 3 aromatic rings. The lowest BCUT2D eigenvalue weighted by Gasteiger charge is -2.03. The Balaban J connectivity index is 2.35. The first kappa shape index (κ1) is 18.7. The fourth-order valence-corrected chi connectivity index (χ4v) is 3.89. The third kappa shape index (κ3) is 3.85. The van der Waals surface area contributed by atoms with Gasteiger partial charge in [0.1, 0.15) is 16.8 Å². The molecule has 0 saturated heterocycles. The van der Waals surface area contributed by atoms with E-state index in [1.54, 1.807) is 24.3 Å². The van der Waals surface area contributed by atoms with Gasteiger partial charge in [-0.25, -0.2) is 0 Å². The molecule has 0 aliphatic carbocycles. The molecular formula is C21H14ClN3OS. The van der Waals surface area contributed by atoms with E-state index in [1.165, 1.54) is 4.57 Å². The van der Waals surface area contributed by atoms with Gasteiger partial charge in [-0.3, -0.25) is 9.36 Å². The van der Waals surface area contributed by atoms with E-state index in [4.69, 9.17) is 11.6 Å². The fourth-order valence-electron chi connectivity index (χ4n) is 2.63. The van der Waals surface area contributed by atoms with E-state index < -0.39 is 0 Å². The van der Waals surface area contributed by atoms with Crippen LogP contribution in [0.25, 0.3) is 17.3 Å². The van der Waals surface area contributed by atoms with Gasteiger partial charge in [-0.2, -0.15) is 10.5 Å². The molecule has 0 spiro atoms. The van der Waals surface area contributed by atoms with E-state index in [0.29, 0.717) is 19.9 Å². The van der Waals surface area contributed by atoms with Gasteiger partial charge in [0.15, 0.2) is 5.57 Å². The summed E-state index contributed by atoms with van der Waals surface area (Å²) >= 11 is 7.14. The third-order valence-electron chi connectivity index (χ3n) is 4.01. The van der Waals surface area contributed by atoms with Crippen LogP contribution in [0.3, 0.4) is 0 Å². The fraction of sp³-hybridized carbons (Fsp3) is 0.0952. The van der Waals surface area contributed by atoms with E-state index >= 15 is 0 Å². The van der Waals surface area contributed by atoms with Crippen molar-refractivity contribution in [2.45, 2.75) is 13.3 Å². The molecule has 0 saturated carbocycles. The predicted octanol–water partition coefficient (Wildman–Crippen LogP) is 3.14. The zero-order valence-corrected chi connectivity index (χ0v) is 16.0. The van der Waals surface area contributed by atoms with Crippen LogP contribution in [-0.2, 0) is 6.42 Å². The van der Waals surface area contributed by atoms with Crippen molar-refractivity contribution in [1.82, 2.24) is 4.57 Å². The maximum Gasteiger partial charge on any atom is 0.273 e. The average molecular weight is 392 g/mol. The predicted molar refractivity (Wildman–Crippen MR) is 108 cm³/mol. The summed E-state index contributed by atoms with van der Waals surface area (Å²) in [7, 11) is 0. The maximum atomic E-state index is 13.0. The van der Waals surface area contributed by atoms with Gasteiger partial charge in [0.2, 0.25) is 0 Å². The topological polar surface area (TPSA) is 69.6 Å². The van der Waals surface area contributed by atoms with Crippen molar-refractivity contribution in [3.63, 3.8) is 0 Å². The number of nitriles is 2. The zero-order valence-electron chi connectivity index (χ0n) is 14.4. The Morgan fingerprint density at radius 3 is 2.48 bits per heavy atom. The number of hydrogen-bond acceptors (Lipinski definition) is 4. The Morgan fingerprint density at radius 1 is 1.19 bits per heavy atom. The molecule has 0 aliphatic heterocycles. The molecule has 27 heavy (non-hydrogen) atoms. The number of benzene rings is 2. The van der Waals surface area contributed by atoms with Crippen molar-refractivity contribution in [2.24, 2.45) is 0 Å². The summed E-state index contributed by atoms with van der Waals surface area (Å²) in [6.45, 7) is 2.05. The van der Waals surface area contributed by atoms with Crippen molar-refractivity contribution >= 4 is 34.6 Å². The lowest BCUT2D eigenvalue weighted by atomic mass is 10.1. The molecule has 132 valence electrons. The molecule has 0 N–H and O–H groups in total. The summed E-state index contributed by atoms with van der Waals surface area (Å²) in [4.78, 5) is 13.0. The lowest BCUT2D eigenvalue weighted by Crippen LogP contribution is -2.30. The monoisotopic (exact) mass is 391 g/mol. The van der Waals surface area contributed by atoms with Gasteiger partial charge in [0, 0.05) is 5.02 Å². The first-order valence-electron chi connectivity index (χ1n) is 8.20. The quantitative estimate of drug-likeness (QED) is 0.688. The normalized spacial score (nSPS) is 11.0. The summed E-state index contributed by atoms with van der Waals surface area (Å²) in [5, 5.41) is 19.2. The second kappa shape index (κ2) is 8.05. The Hall–Kier alpha value is -3.12. The number of rotatable bonds is 3. The van der Waals surface area contributed by atoms with Crippen LogP contribution in [0.2, 0.25) is 5.02 Å². The molecule has 1 heterocycles. The first-order valence-corrected chi connectivity index (χ1v) is 9.39. The highest BCUT2D eigenvalue weighted by atomic mass is 35.5. The van der Waals surface area contributed by atoms with E-state index in [0.717, 1.165) is 28.9 Å². The average Bonchev–Trinajstić information content (AvgIpc) is 2.99. The van der Waals surface area contributed by atoms with Crippen molar-refractivity contribution in [3.8, 4) is 17.8 Å². The Morgan fingerprint density at radius 2 is 1.89 bits per heavy atom. The highest BCUT2D eigenvalue weighted by molar-refractivity contribution is 7.07. The summed E-state index contributed by atoms with van der Waals surface area (Å²) in [5.74, 6) is 0. The smallest absolute Gasteiger partial charge is 0.267 e. The molecule has 0 unspecified atom stereocenters. The summed E-state index contributed by atoms with van der Waals surface area (Å²) in [6, 6.07) is 18.4. The number of thiazole rings is 1. The molecular weight excluding hydrogens is 378 g/mol. The molecule has 0 fully saturated rings. The van der Waals surface area contributed by atoms with Gasteiger partial charge >= 0.3 is 0 Å². The third-order valence-corrected chi connectivity index (χ3v) is 5.34. The molecule has 3 rings (SSSR count). The molecule has 0 amide bonds. The second-order valence-corrected chi connectivity index (χ2v) is 7.20. The molecule has 1 aromatic heterocycles. The van der Waals surface area contributed by atoms with Gasteiger partial charge in [-0.1, -0.05) is 42.8 Å². The van der Waals surface area contributed by atoms with Crippen LogP contribution >= 0.6 is 22.9 Å². The number of nitrogens with zero attached hydrogens (tertiary/aromatic N) is 3. The molecule has 0 radical (unpaired) electrons. The van der Waals surface area contributed by atoms with Crippen molar-refractivity contribution in [2.75, 3.05) is 0 Å². The number of aryl methyl sites for hydroxylation is 1. The lowest BCUT2D eigenvalue weighted by molar-refractivity contribution is 0.983. The van der Waals surface area contributed by atoms with Crippen molar-refractivity contribution in [3.05, 3.63) is 84.2 Å². The van der Waals surface area contributed by atoms with Crippen LogP contribution in [0.5, 0.6) is 0 Å². The largest absolute Gasteiger partial charge is 0.273 e. The van der Waals surface area contributed by atoms with Gasteiger partial charge < -0.3 is 0 Å². The number of hydrogen-bond donors (Lipinski definition) is 0. The van der Waals surface area contributed by atoms with Crippen LogP contribution in [0, 0.1) is 22.7 Å². The van der Waals surface area contributed by atoms with Crippen LogP contribution < -0.4 is 14.8 Å². The Bertz CT molecular complexity index is 1240. The Kier molecular flexibility index (Phi) is 5.57. The minimum Gasteiger partial charge on any atom is -0.267 e. The van der Waals surface area contributed by atoms with Crippen molar-refractivity contribution in [1.29, 1.82) is 10.5 Å². The van der Waals surface area contributed by atoms with Crippen LogP contribution in [0.1, 0.15) is 18.1 Å². The summed E-state index contributed by atoms with van der Waals surface area (Å²) in [5.41, 5.74) is 2.16. The van der Waals surface area contributed by atoms with Gasteiger partial charge in [-0.05, 0) is 47.9 Å². The number of halogens is 1. The summed E-state index contributed by atoms with van der Waals surface area (Å²) in [6.07, 6.45) is 2.60. The van der Waals surface area contributed by atoms with Gasteiger partial charge in [-0.15, -0.1) is 11.3 Å². The highest BCUT2D eigenvalue weighted by Gasteiger charge is 2.11. The van der Waals surface area contributed by atoms with Gasteiger partial charge in [0.25, 0.3) is 5.56 Å². The molecule has 0 bridgehead atoms. The minimum absolute atomic E-state index is 0.0950.